The van der Waals surface area contributed by atoms with Gasteiger partial charge in [0, 0.05) is 5.75 Å². The molecule has 11 nitrogen and oxygen atoms in total. The second-order valence-electron chi connectivity index (χ2n) is 6.86. The molecule has 0 spiro atoms. The third-order valence-corrected chi connectivity index (χ3v) is 5.03. The molecule has 13 heteroatoms. The molecule has 0 radical (unpaired) electrons. The zero-order valence-corrected chi connectivity index (χ0v) is 18.8. The Morgan fingerprint density at radius 1 is 0.967 bits per heavy atom. The quantitative estimate of drug-likeness (QED) is 0.152. The van der Waals surface area contributed by atoms with Gasteiger partial charge in [0.25, 0.3) is 0 Å². The molecule has 0 aromatic carbocycles. The molecule has 0 aliphatic heterocycles. The van der Waals surface area contributed by atoms with Crippen molar-refractivity contribution in [2.45, 2.75) is 50.9 Å². The first-order valence-electron chi connectivity index (χ1n) is 9.15. The van der Waals surface area contributed by atoms with Crippen LogP contribution in [0.3, 0.4) is 0 Å². The molecular weight excluding hydrogens is 436 g/mol. The summed E-state index contributed by atoms with van der Waals surface area (Å²) in [5.74, 6) is -4.68. The number of carboxylic acid groups (broad SMARTS) is 2. The molecule has 0 aliphatic carbocycles. The maximum atomic E-state index is 12.7. The summed E-state index contributed by atoms with van der Waals surface area (Å²) >= 11 is 5.31. The number of thioether (sulfide) groups is 1. The van der Waals surface area contributed by atoms with Crippen molar-refractivity contribution in [3.05, 3.63) is 0 Å². The lowest BCUT2D eigenvalue weighted by Gasteiger charge is -2.26. The highest BCUT2D eigenvalue weighted by Gasteiger charge is 2.31. The van der Waals surface area contributed by atoms with Crippen LogP contribution in [0.2, 0.25) is 0 Å². The minimum Gasteiger partial charge on any atom is -0.481 e. The predicted molar refractivity (Wildman–Crippen MR) is 115 cm³/mol. The van der Waals surface area contributed by atoms with Crippen molar-refractivity contribution >= 4 is 54.1 Å². The van der Waals surface area contributed by atoms with Crippen LogP contribution in [0.5, 0.6) is 0 Å². The van der Waals surface area contributed by atoms with Gasteiger partial charge in [0.05, 0.1) is 12.5 Å². The largest absolute Gasteiger partial charge is 0.481 e. The molecule has 4 atom stereocenters. The molecule has 7 N–H and O–H groups in total. The number of hydrogen-bond acceptors (Lipinski definition) is 8. The van der Waals surface area contributed by atoms with E-state index in [1.54, 1.807) is 20.1 Å². The first kappa shape index (κ1) is 28.0. The van der Waals surface area contributed by atoms with Crippen LogP contribution in [0.25, 0.3) is 0 Å². The van der Waals surface area contributed by atoms with Gasteiger partial charge in [0.15, 0.2) is 0 Å². The summed E-state index contributed by atoms with van der Waals surface area (Å²) in [6.07, 6.45) is 1.43. The minimum atomic E-state index is -1.33. The number of thiol groups is 1. The van der Waals surface area contributed by atoms with Crippen molar-refractivity contribution in [2.24, 2.45) is 11.7 Å². The van der Waals surface area contributed by atoms with Gasteiger partial charge < -0.3 is 31.9 Å². The Hall–Kier alpha value is -1.99. The summed E-state index contributed by atoms with van der Waals surface area (Å²) in [6, 6.07) is -4.65. The fourth-order valence-corrected chi connectivity index (χ4v) is 3.02. The minimum absolute atomic E-state index is 0.131. The van der Waals surface area contributed by atoms with Crippen LogP contribution >= 0.6 is 24.4 Å². The summed E-state index contributed by atoms with van der Waals surface area (Å²) < 4.78 is 0. The van der Waals surface area contributed by atoms with E-state index in [-0.39, 0.29) is 18.1 Å². The van der Waals surface area contributed by atoms with Gasteiger partial charge in [0.1, 0.15) is 18.1 Å². The standard InChI is InChI=1S/C17H30N4O7S2/c1-8(2)13(16(26)20-11(7-29)17(27)28)21-15(25)10(4-5-30-3)19-14(24)9(18)6-12(22)23/h8-11,13,29H,4-7,18H2,1-3H3,(H,19,24)(H,20,26)(H,21,25)(H,22,23)(H,27,28). The number of carbonyl (C=O) groups excluding carboxylic acids is 3. The highest BCUT2D eigenvalue weighted by Crippen LogP contribution is 2.07. The Morgan fingerprint density at radius 2 is 1.53 bits per heavy atom. The molecule has 0 aliphatic rings. The molecule has 3 amide bonds. The van der Waals surface area contributed by atoms with E-state index in [1.807, 2.05) is 0 Å². The van der Waals surface area contributed by atoms with Gasteiger partial charge in [-0.05, 0) is 24.3 Å². The summed E-state index contributed by atoms with van der Waals surface area (Å²) in [6.45, 7) is 3.33. The van der Waals surface area contributed by atoms with Gasteiger partial charge in [-0.2, -0.15) is 24.4 Å². The van der Waals surface area contributed by atoms with Crippen LogP contribution in [0, 0.1) is 5.92 Å². The normalized spacial score (nSPS) is 14.9. The number of nitrogens with one attached hydrogen (secondary N) is 3. The fourth-order valence-electron chi connectivity index (χ4n) is 2.30. The fraction of sp³-hybridized carbons (Fsp3) is 0.706. The molecule has 0 saturated carbocycles. The Bertz CT molecular complexity index is 633. The van der Waals surface area contributed by atoms with Gasteiger partial charge >= 0.3 is 11.9 Å². The SMILES string of the molecule is CSCCC(NC(=O)C(N)CC(=O)O)C(=O)NC(C(=O)NC(CS)C(=O)O)C(C)C. The number of rotatable bonds is 14. The van der Waals surface area contributed by atoms with Gasteiger partial charge in [-0.3, -0.25) is 19.2 Å². The monoisotopic (exact) mass is 466 g/mol. The van der Waals surface area contributed by atoms with E-state index < -0.39 is 60.2 Å². The van der Waals surface area contributed by atoms with Crippen molar-refractivity contribution < 1.29 is 34.2 Å². The smallest absolute Gasteiger partial charge is 0.327 e. The molecule has 0 fully saturated rings. The number of aliphatic carboxylic acids is 2. The second-order valence-corrected chi connectivity index (χ2v) is 8.21. The molecule has 172 valence electrons. The lowest BCUT2D eigenvalue weighted by atomic mass is 10.0. The first-order valence-corrected chi connectivity index (χ1v) is 11.2. The van der Waals surface area contributed by atoms with E-state index in [0.717, 1.165) is 0 Å². The summed E-state index contributed by atoms with van der Waals surface area (Å²) in [4.78, 5) is 59.2. The van der Waals surface area contributed by atoms with Gasteiger partial charge in [-0.15, -0.1) is 0 Å². The summed E-state index contributed by atoms with van der Waals surface area (Å²) in [5.41, 5.74) is 5.53. The second kappa shape index (κ2) is 14.1. The third kappa shape index (κ3) is 10.2. The van der Waals surface area contributed by atoms with Gasteiger partial charge in [0.2, 0.25) is 17.7 Å². The Morgan fingerprint density at radius 3 is 1.97 bits per heavy atom. The molecule has 0 heterocycles. The highest BCUT2D eigenvalue weighted by atomic mass is 32.2. The van der Waals surface area contributed by atoms with E-state index in [2.05, 4.69) is 28.6 Å². The zero-order chi connectivity index (χ0) is 23.4. The summed E-state index contributed by atoms with van der Waals surface area (Å²) in [7, 11) is 0. The van der Waals surface area contributed by atoms with E-state index in [0.29, 0.717) is 5.75 Å². The molecule has 0 rings (SSSR count). The Labute approximate surface area is 184 Å². The maximum Gasteiger partial charge on any atom is 0.327 e. The van der Waals surface area contributed by atoms with Crippen LogP contribution in [-0.4, -0.2) is 81.8 Å². The van der Waals surface area contributed by atoms with Crippen LogP contribution < -0.4 is 21.7 Å². The van der Waals surface area contributed by atoms with E-state index >= 15 is 0 Å². The Balaban J connectivity index is 5.30. The molecular formula is C17H30N4O7S2. The number of carbonyl (C=O) groups is 5. The molecule has 0 aromatic heterocycles. The van der Waals surface area contributed by atoms with Crippen LogP contribution in [-0.2, 0) is 24.0 Å². The molecule has 0 saturated heterocycles. The van der Waals surface area contributed by atoms with Crippen molar-refractivity contribution in [1.29, 1.82) is 0 Å². The molecule has 0 aromatic rings. The maximum absolute atomic E-state index is 12.7. The number of amides is 3. The van der Waals surface area contributed by atoms with E-state index in [4.69, 9.17) is 15.9 Å². The molecule has 0 bridgehead atoms. The van der Waals surface area contributed by atoms with Crippen molar-refractivity contribution in [1.82, 2.24) is 16.0 Å². The lowest BCUT2D eigenvalue weighted by Crippen LogP contribution is -2.58. The zero-order valence-electron chi connectivity index (χ0n) is 17.1. The predicted octanol–water partition coefficient (Wildman–Crippen LogP) is -1.33. The van der Waals surface area contributed by atoms with Crippen molar-refractivity contribution in [3.63, 3.8) is 0 Å². The lowest BCUT2D eigenvalue weighted by molar-refractivity contribution is -0.142. The van der Waals surface area contributed by atoms with Gasteiger partial charge in [-0.25, -0.2) is 4.79 Å². The van der Waals surface area contributed by atoms with Crippen LogP contribution in [0.4, 0.5) is 0 Å². The number of nitrogens with two attached hydrogens (primary N) is 1. The third-order valence-electron chi connectivity index (χ3n) is 4.02. The van der Waals surface area contributed by atoms with Gasteiger partial charge in [-0.1, -0.05) is 13.8 Å². The van der Waals surface area contributed by atoms with E-state index in [1.165, 1.54) is 11.8 Å². The van der Waals surface area contributed by atoms with E-state index in [9.17, 15) is 24.0 Å². The van der Waals surface area contributed by atoms with Crippen LogP contribution in [0.15, 0.2) is 0 Å². The van der Waals surface area contributed by atoms with Crippen LogP contribution in [0.1, 0.15) is 26.7 Å². The highest BCUT2D eigenvalue weighted by molar-refractivity contribution is 7.98. The molecule has 30 heavy (non-hydrogen) atoms. The first-order chi connectivity index (χ1) is 13.9. The molecule has 4 unspecified atom stereocenters. The average Bonchev–Trinajstić information content (AvgIpc) is 2.65. The number of hydrogen-bond donors (Lipinski definition) is 7. The Kier molecular flexibility index (Phi) is 13.2. The topological polar surface area (TPSA) is 188 Å². The van der Waals surface area contributed by atoms with Crippen molar-refractivity contribution in [3.8, 4) is 0 Å². The summed E-state index contributed by atoms with van der Waals surface area (Å²) in [5, 5.41) is 25.1. The van der Waals surface area contributed by atoms with Crippen molar-refractivity contribution in [2.75, 3.05) is 17.8 Å². The number of carboxylic acids is 2. The average molecular weight is 467 g/mol.